The minimum atomic E-state index is -0.346. The van der Waals surface area contributed by atoms with Crippen molar-refractivity contribution in [1.82, 2.24) is 5.32 Å². The molecule has 0 aliphatic rings. The van der Waals surface area contributed by atoms with Gasteiger partial charge in [-0.3, -0.25) is 0 Å². The molecule has 3 heteroatoms. The van der Waals surface area contributed by atoms with Gasteiger partial charge in [-0.2, -0.15) is 0 Å². The van der Waals surface area contributed by atoms with Crippen molar-refractivity contribution in [3.63, 3.8) is 0 Å². The van der Waals surface area contributed by atoms with Crippen LogP contribution in [-0.2, 0) is 0 Å². The Morgan fingerprint density at radius 3 is 2.94 bits per heavy atom. The summed E-state index contributed by atoms with van der Waals surface area (Å²) < 4.78 is 13.5. The van der Waals surface area contributed by atoms with E-state index in [1.165, 1.54) is 6.07 Å². The van der Waals surface area contributed by atoms with Gasteiger partial charge in [0.2, 0.25) is 0 Å². The molecule has 0 aliphatic carbocycles. The Labute approximate surface area is 114 Å². The maximum Gasteiger partial charge on any atom is 0.142 e. The third-order valence-electron chi connectivity index (χ3n) is 2.90. The first-order valence-corrected chi connectivity index (χ1v) is 6.86. The van der Waals surface area contributed by atoms with Crippen LogP contribution in [0, 0.1) is 5.82 Å². The molecule has 1 aromatic carbocycles. The summed E-state index contributed by atoms with van der Waals surface area (Å²) in [5.41, 5.74) is 0.856. The maximum atomic E-state index is 13.5. The second-order valence-electron chi connectivity index (χ2n) is 4.37. The predicted octanol–water partition coefficient (Wildman–Crippen LogP) is 4.88. The zero-order valence-corrected chi connectivity index (χ0v) is 11.6. The zero-order valence-electron chi connectivity index (χ0n) is 10.9. The van der Waals surface area contributed by atoms with Crippen LogP contribution in [0.4, 0.5) is 4.39 Å². The van der Waals surface area contributed by atoms with Gasteiger partial charge in [-0.25, -0.2) is 4.39 Å². The Balaban J connectivity index is 2.79. The lowest BCUT2D eigenvalue weighted by Crippen LogP contribution is -2.22. The molecule has 1 nitrogen and oxygen atoms in total. The zero-order chi connectivity index (χ0) is 13.4. The monoisotopic (exact) mass is 269 g/mol. The molecule has 18 heavy (non-hydrogen) atoms. The molecule has 1 N–H and O–H groups in total. The Bertz CT molecular complexity index is 379. The predicted molar refractivity (Wildman–Crippen MR) is 76.5 cm³/mol. The van der Waals surface area contributed by atoms with Gasteiger partial charge in [0.1, 0.15) is 5.82 Å². The highest BCUT2D eigenvalue weighted by Gasteiger charge is 2.15. The van der Waals surface area contributed by atoms with Crippen LogP contribution >= 0.6 is 11.6 Å². The van der Waals surface area contributed by atoms with Gasteiger partial charge in [-0.1, -0.05) is 36.7 Å². The second kappa shape index (κ2) is 8.28. The van der Waals surface area contributed by atoms with E-state index in [1.54, 1.807) is 6.07 Å². The lowest BCUT2D eigenvalue weighted by atomic mass is 10.0. The van der Waals surface area contributed by atoms with E-state index in [-0.39, 0.29) is 16.9 Å². The summed E-state index contributed by atoms with van der Waals surface area (Å²) in [4.78, 5) is 0. The molecule has 0 aromatic heterocycles. The molecule has 0 spiro atoms. The van der Waals surface area contributed by atoms with Crippen LogP contribution in [-0.4, -0.2) is 6.54 Å². The third kappa shape index (κ3) is 4.43. The van der Waals surface area contributed by atoms with Crippen molar-refractivity contribution in [2.45, 2.75) is 38.6 Å². The summed E-state index contributed by atoms with van der Waals surface area (Å²) in [5.74, 6) is -0.346. The summed E-state index contributed by atoms with van der Waals surface area (Å²) in [5, 5.41) is 3.67. The molecule has 1 rings (SSSR count). The van der Waals surface area contributed by atoms with Gasteiger partial charge >= 0.3 is 0 Å². The molecular formula is C15H21ClFN. The lowest BCUT2D eigenvalue weighted by Gasteiger charge is -2.20. The molecule has 1 aromatic rings. The second-order valence-corrected chi connectivity index (χ2v) is 4.75. The van der Waals surface area contributed by atoms with E-state index in [1.807, 2.05) is 12.1 Å². The van der Waals surface area contributed by atoms with Gasteiger partial charge in [0, 0.05) is 6.04 Å². The van der Waals surface area contributed by atoms with Crippen LogP contribution in [0.3, 0.4) is 0 Å². The minimum absolute atomic E-state index is 0.119. The summed E-state index contributed by atoms with van der Waals surface area (Å²) >= 11 is 6.04. The third-order valence-corrected chi connectivity index (χ3v) is 3.30. The van der Waals surface area contributed by atoms with Gasteiger partial charge in [-0.05, 0) is 43.9 Å². The highest BCUT2D eigenvalue weighted by Crippen LogP contribution is 2.28. The van der Waals surface area contributed by atoms with E-state index in [0.29, 0.717) is 0 Å². The quantitative estimate of drug-likeness (QED) is 0.524. The highest BCUT2D eigenvalue weighted by atomic mass is 35.5. The van der Waals surface area contributed by atoms with Crippen molar-refractivity contribution < 1.29 is 4.39 Å². The van der Waals surface area contributed by atoms with Crippen molar-refractivity contribution in [3.05, 3.63) is 47.3 Å². The average Bonchev–Trinajstić information content (AvgIpc) is 2.37. The molecule has 0 aliphatic heterocycles. The number of halogens is 2. The number of hydrogen-bond donors (Lipinski definition) is 1. The van der Waals surface area contributed by atoms with Crippen LogP contribution in [0.5, 0.6) is 0 Å². The van der Waals surface area contributed by atoms with Gasteiger partial charge in [0.15, 0.2) is 0 Å². The fourth-order valence-corrected chi connectivity index (χ4v) is 2.20. The Kier molecular flexibility index (Phi) is 6.99. The van der Waals surface area contributed by atoms with E-state index in [9.17, 15) is 4.39 Å². The van der Waals surface area contributed by atoms with Gasteiger partial charge in [0.25, 0.3) is 0 Å². The molecule has 0 saturated heterocycles. The largest absolute Gasteiger partial charge is 0.310 e. The summed E-state index contributed by atoms with van der Waals surface area (Å²) in [7, 11) is 0. The van der Waals surface area contributed by atoms with Crippen molar-refractivity contribution >= 4 is 11.6 Å². The standard InChI is InChI=1S/C15H21ClFN/c1-3-5-6-10-14(18-11-4-2)12-8-7-9-13(17)15(12)16/h3,7-9,14,18H,1,4-6,10-11H2,2H3. The molecular weight excluding hydrogens is 249 g/mol. The first-order chi connectivity index (χ1) is 8.70. The summed E-state index contributed by atoms with van der Waals surface area (Å²) in [6.45, 7) is 6.74. The Hall–Kier alpha value is -0.860. The number of hydrogen-bond acceptors (Lipinski definition) is 1. The maximum absolute atomic E-state index is 13.5. The molecule has 0 radical (unpaired) electrons. The molecule has 0 saturated carbocycles. The van der Waals surface area contributed by atoms with E-state index in [2.05, 4.69) is 18.8 Å². The highest BCUT2D eigenvalue weighted by molar-refractivity contribution is 6.31. The van der Waals surface area contributed by atoms with E-state index in [0.717, 1.165) is 37.8 Å². The van der Waals surface area contributed by atoms with Crippen molar-refractivity contribution in [2.24, 2.45) is 0 Å². The van der Waals surface area contributed by atoms with Gasteiger partial charge in [-0.15, -0.1) is 6.58 Å². The first-order valence-electron chi connectivity index (χ1n) is 6.48. The van der Waals surface area contributed by atoms with Crippen LogP contribution < -0.4 is 5.32 Å². The fraction of sp³-hybridized carbons (Fsp3) is 0.467. The number of rotatable bonds is 8. The number of unbranched alkanes of at least 4 members (excludes halogenated alkanes) is 1. The molecule has 1 unspecified atom stereocenters. The van der Waals surface area contributed by atoms with Crippen LogP contribution in [0.25, 0.3) is 0 Å². The van der Waals surface area contributed by atoms with Crippen LogP contribution in [0.2, 0.25) is 5.02 Å². The molecule has 0 amide bonds. The average molecular weight is 270 g/mol. The van der Waals surface area contributed by atoms with Gasteiger partial charge < -0.3 is 5.32 Å². The molecule has 1 atom stereocenters. The van der Waals surface area contributed by atoms with E-state index in [4.69, 9.17) is 11.6 Å². The van der Waals surface area contributed by atoms with Crippen LogP contribution in [0.15, 0.2) is 30.9 Å². The number of nitrogens with one attached hydrogen (secondary N) is 1. The normalized spacial score (nSPS) is 12.4. The van der Waals surface area contributed by atoms with Crippen molar-refractivity contribution in [2.75, 3.05) is 6.54 Å². The van der Waals surface area contributed by atoms with Gasteiger partial charge in [0.05, 0.1) is 5.02 Å². The lowest BCUT2D eigenvalue weighted by molar-refractivity contribution is 0.483. The van der Waals surface area contributed by atoms with Crippen molar-refractivity contribution in [1.29, 1.82) is 0 Å². The van der Waals surface area contributed by atoms with Crippen LogP contribution in [0.1, 0.15) is 44.2 Å². The molecule has 0 bridgehead atoms. The molecule has 0 heterocycles. The summed E-state index contributed by atoms with van der Waals surface area (Å²) in [6, 6.07) is 5.12. The fourth-order valence-electron chi connectivity index (χ4n) is 1.94. The van der Waals surface area contributed by atoms with E-state index >= 15 is 0 Å². The van der Waals surface area contributed by atoms with Crippen molar-refractivity contribution in [3.8, 4) is 0 Å². The first kappa shape index (κ1) is 15.2. The SMILES string of the molecule is C=CCCCC(NCCC)c1cccc(F)c1Cl. The molecule has 0 fully saturated rings. The smallest absolute Gasteiger partial charge is 0.142 e. The Morgan fingerprint density at radius 1 is 1.50 bits per heavy atom. The van der Waals surface area contributed by atoms with E-state index < -0.39 is 0 Å². The topological polar surface area (TPSA) is 12.0 Å². The minimum Gasteiger partial charge on any atom is -0.310 e. The Morgan fingerprint density at radius 2 is 2.28 bits per heavy atom. The number of benzene rings is 1. The summed E-state index contributed by atoms with van der Waals surface area (Å²) in [6.07, 6.45) is 5.89. The molecule has 100 valence electrons. The number of allylic oxidation sites excluding steroid dienone is 1.